The summed E-state index contributed by atoms with van der Waals surface area (Å²) in [5.74, 6) is -0.141. The average molecular weight is 236 g/mol. The highest BCUT2D eigenvalue weighted by Gasteiger charge is 2.30. The first kappa shape index (κ1) is 12.0. The van der Waals surface area contributed by atoms with Gasteiger partial charge in [-0.05, 0) is 12.1 Å². The van der Waals surface area contributed by atoms with Crippen molar-refractivity contribution >= 4 is 11.6 Å². The molecule has 2 atom stereocenters. The molecule has 5 heteroatoms. The number of carbonyl (C=O) groups excluding carboxylic acids is 1. The number of hydrogen-bond donors (Lipinski definition) is 3. The Kier molecular flexibility index (Phi) is 3.73. The van der Waals surface area contributed by atoms with Gasteiger partial charge in [0.1, 0.15) is 0 Å². The Bertz CT molecular complexity index is 373. The Balaban J connectivity index is 1.82. The van der Waals surface area contributed by atoms with E-state index in [9.17, 15) is 15.0 Å². The van der Waals surface area contributed by atoms with Gasteiger partial charge in [-0.2, -0.15) is 0 Å². The van der Waals surface area contributed by atoms with Gasteiger partial charge in [0.05, 0.1) is 18.8 Å². The lowest BCUT2D eigenvalue weighted by atomic mass is 10.3. The predicted octanol–water partition coefficient (Wildman–Crippen LogP) is -0.338. The van der Waals surface area contributed by atoms with Crippen LogP contribution in [0.2, 0.25) is 0 Å². The van der Waals surface area contributed by atoms with Gasteiger partial charge in [0, 0.05) is 18.8 Å². The van der Waals surface area contributed by atoms with E-state index in [0.717, 1.165) is 5.69 Å². The molecule has 1 amide bonds. The SMILES string of the molecule is O=C(CN1CC(O)C(O)C1)Nc1ccccc1. The van der Waals surface area contributed by atoms with Crippen molar-refractivity contribution in [2.45, 2.75) is 12.2 Å². The van der Waals surface area contributed by atoms with Crippen LogP contribution in [0.25, 0.3) is 0 Å². The monoisotopic (exact) mass is 236 g/mol. The van der Waals surface area contributed by atoms with E-state index in [-0.39, 0.29) is 12.5 Å². The highest BCUT2D eigenvalue weighted by molar-refractivity contribution is 5.92. The number of rotatable bonds is 3. The van der Waals surface area contributed by atoms with Crippen molar-refractivity contribution in [3.63, 3.8) is 0 Å². The zero-order valence-electron chi connectivity index (χ0n) is 9.41. The number of benzene rings is 1. The van der Waals surface area contributed by atoms with Gasteiger partial charge in [-0.15, -0.1) is 0 Å². The molecule has 0 bridgehead atoms. The quantitative estimate of drug-likeness (QED) is 0.671. The van der Waals surface area contributed by atoms with E-state index < -0.39 is 12.2 Å². The number of carbonyl (C=O) groups is 1. The largest absolute Gasteiger partial charge is 0.389 e. The van der Waals surface area contributed by atoms with Crippen molar-refractivity contribution in [2.75, 3.05) is 25.0 Å². The topological polar surface area (TPSA) is 72.8 Å². The molecule has 1 aromatic rings. The third kappa shape index (κ3) is 3.26. The van der Waals surface area contributed by atoms with Crippen LogP contribution in [-0.4, -0.2) is 52.9 Å². The van der Waals surface area contributed by atoms with Gasteiger partial charge in [-0.3, -0.25) is 9.69 Å². The summed E-state index contributed by atoms with van der Waals surface area (Å²) >= 11 is 0. The molecule has 92 valence electrons. The van der Waals surface area contributed by atoms with Crippen LogP contribution >= 0.6 is 0 Å². The minimum atomic E-state index is -0.750. The van der Waals surface area contributed by atoms with Crippen LogP contribution in [0.5, 0.6) is 0 Å². The summed E-state index contributed by atoms with van der Waals surface area (Å²) in [6.45, 7) is 0.857. The summed E-state index contributed by atoms with van der Waals surface area (Å²) < 4.78 is 0. The maximum absolute atomic E-state index is 11.7. The van der Waals surface area contributed by atoms with E-state index in [1.807, 2.05) is 30.3 Å². The zero-order chi connectivity index (χ0) is 12.3. The second-order valence-electron chi connectivity index (χ2n) is 4.24. The van der Waals surface area contributed by atoms with Gasteiger partial charge in [-0.1, -0.05) is 18.2 Å². The van der Waals surface area contributed by atoms with Crippen molar-refractivity contribution in [3.05, 3.63) is 30.3 Å². The lowest BCUT2D eigenvalue weighted by molar-refractivity contribution is -0.117. The number of aliphatic hydroxyl groups excluding tert-OH is 2. The van der Waals surface area contributed by atoms with E-state index in [4.69, 9.17) is 0 Å². The van der Waals surface area contributed by atoms with E-state index in [2.05, 4.69) is 5.32 Å². The van der Waals surface area contributed by atoms with Crippen molar-refractivity contribution < 1.29 is 15.0 Å². The molecule has 1 aromatic carbocycles. The molecular formula is C12H16N2O3. The van der Waals surface area contributed by atoms with Crippen LogP contribution < -0.4 is 5.32 Å². The lowest BCUT2D eigenvalue weighted by Gasteiger charge is -2.14. The van der Waals surface area contributed by atoms with Crippen LogP contribution in [0.3, 0.4) is 0 Å². The molecule has 1 aliphatic heterocycles. The fraction of sp³-hybridized carbons (Fsp3) is 0.417. The Morgan fingerprint density at radius 1 is 1.24 bits per heavy atom. The van der Waals surface area contributed by atoms with E-state index in [0.29, 0.717) is 13.1 Å². The van der Waals surface area contributed by atoms with Gasteiger partial charge in [0.25, 0.3) is 0 Å². The highest BCUT2D eigenvalue weighted by Crippen LogP contribution is 2.10. The molecule has 1 heterocycles. The average Bonchev–Trinajstić information content (AvgIpc) is 2.59. The maximum atomic E-state index is 11.7. The predicted molar refractivity (Wildman–Crippen MR) is 63.5 cm³/mol. The Hall–Kier alpha value is -1.43. The molecule has 1 fully saturated rings. The number of likely N-dealkylation sites (tertiary alicyclic amines) is 1. The number of anilines is 1. The summed E-state index contributed by atoms with van der Waals surface area (Å²) in [5.41, 5.74) is 0.748. The zero-order valence-corrected chi connectivity index (χ0v) is 9.41. The molecule has 5 nitrogen and oxygen atoms in total. The molecule has 1 aliphatic rings. The summed E-state index contributed by atoms with van der Waals surface area (Å²) in [7, 11) is 0. The van der Waals surface area contributed by atoms with Crippen LogP contribution in [0.1, 0.15) is 0 Å². The number of hydrogen-bond acceptors (Lipinski definition) is 4. The van der Waals surface area contributed by atoms with Gasteiger partial charge in [-0.25, -0.2) is 0 Å². The Morgan fingerprint density at radius 2 is 1.82 bits per heavy atom. The molecule has 2 unspecified atom stereocenters. The summed E-state index contributed by atoms with van der Waals surface area (Å²) in [6, 6.07) is 9.19. The molecule has 1 saturated heterocycles. The Labute approximate surface area is 99.7 Å². The third-order valence-electron chi connectivity index (χ3n) is 2.76. The van der Waals surface area contributed by atoms with E-state index in [1.54, 1.807) is 4.90 Å². The fourth-order valence-corrected chi connectivity index (χ4v) is 1.90. The number of amides is 1. The van der Waals surface area contributed by atoms with Crippen molar-refractivity contribution in [1.29, 1.82) is 0 Å². The number of β-amino-alcohol motifs (C(OH)–C–C–N with tert-alkyl or cyclic N) is 2. The second kappa shape index (κ2) is 5.27. The first-order valence-corrected chi connectivity index (χ1v) is 5.58. The van der Waals surface area contributed by atoms with E-state index in [1.165, 1.54) is 0 Å². The number of para-hydroxylation sites is 1. The second-order valence-corrected chi connectivity index (χ2v) is 4.24. The first-order chi connectivity index (χ1) is 8.15. The van der Waals surface area contributed by atoms with Gasteiger partial charge < -0.3 is 15.5 Å². The van der Waals surface area contributed by atoms with Gasteiger partial charge in [0.2, 0.25) is 5.91 Å². The molecule has 3 N–H and O–H groups in total. The number of nitrogens with zero attached hydrogens (tertiary/aromatic N) is 1. The van der Waals surface area contributed by atoms with Gasteiger partial charge >= 0.3 is 0 Å². The maximum Gasteiger partial charge on any atom is 0.238 e. The molecule has 0 aliphatic carbocycles. The van der Waals surface area contributed by atoms with Gasteiger partial charge in [0.15, 0.2) is 0 Å². The van der Waals surface area contributed by atoms with Crippen molar-refractivity contribution in [1.82, 2.24) is 4.90 Å². The standard InChI is InChI=1S/C12H16N2O3/c15-10-6-14(7-11(10)16)8-12(17)13-9-4-2-1-3-5-9/h1-5,10-11,15-16H,6-8H2,(H,13,17). The smallest absolute Gasteiger partial charge is 0.238 e. The highest BCUT2D eigenvalue weighted by atomic mass is 16.3. The lowest BCUT2D eigenvalue weighted by Crippen LogP contribution is -2.32. The molecule has 0 spiro atoms. The van der Waals surface area contributed by atoms with Crippen molar-refractivity contribution in [2.24, 2.45) is 0 Å². The molecule has 2 rings (SSSR count). The molecule has 0 saturated carbocycles. The van der Waals surface area contributed by atoms with Crippen LogP contribution in [0.4, 0.5) is 5.69 Å². The summed E-state index contributed by atoms with van der Waals surface area (Å²) in [6.07, 6.45) is -1.50. The van der Waals surface area contributed by atoms with Crippen LogP contribution in [0.15, 0.2) is 30.3 Å². The molecule has 0 radical (unpaired) electrons. The number of nitrogens with one attached hydrogen (secondary N) is 1. The minimum absolute atomic E-state index is 0.141. The Morgan fingerprint density at radius 3 is 2.41 bits per heavy atom. The number of aliphatic hydroxyl groups is 2. The molecular weight excluding hydrogens is 220 g/mol. The minimum Gasteiger partial charge on any atom is -0.389 e. The van der Waals surface area contributed by atoms with E-state index >= 15 is 0 Å². The molecule has 17 heavy (non-hydrogen) atoms. The van der Waals surface area contributed by atoms with Crippen molar-refractivity contribution in [3.8, 4) is 0 Å². The van der Waals surface area contributed by atoms with Crippen LogP contribution in [-0.2, 0) is 4.79 Å². The normalized spacial score (nSPS) is 24.8. The molecule has 0 aromatic heterocycles. The summed E-state index contributed by atoms with van der Waals surface area (Å²) in [4.78, 5) is 13.4. The third-order valence-corrected chi connectivity index (χ3v) is 2.76. The summed E-state index contributed by atoms with van der Waals surface area (Å²) in [5, 5.41) is 21.4. The fourth-order valence-electron chi connectivity index (χ4n) is 1.90. The van der Waals surface area contributed by atoms with Crippen LogP contribution in [0, 0.1) is 0 Å². The first-order valence-electron chi connectivity index (χ1n) is 5.58.